The van der Waals surface area contributed by atoms with Gasteiger partial charge < -0.3 is 10.4 Å². The first-order valence-electron chi connectivity index (χ1n) is 5.22. The Balaban J connectivity index is 1.82. The van der Waals surface area contributed by atoms with Crippen LogP contribution in [-0.4, -0.2) is 17.3 Å². The molecule has 2 rings (SSSR count). The molecule has 1 saturated carbocycles. The molecule has 1 aliphatic carbocycles. The van der Waals surface area contributed by atoms with E-state index in [0.717, 1.165) is 25.8 Å². The van der Waals surface area contributed by atoms with E-state index in [1.165, 1.54) is 9.75 Å². The molecular formula is C11H17NOS. The summed E-state index contributed by atoms with van der Waals surface area (Å²) in [7, 11) is 0. The van der Waals surface area contributed by atoms with Crippen molar-refractivity contribution in [3.8, 4) is 0 Å². The van der Waals surface area contributed by atoms with E-state index in [1.54, 1.807) is 0 Å². The minimum absolute atomic E-state index is 0.129. The Kier molecular flexibility index (Phi) is 3.21. The first-order chi connectivity index (χ1) is 6.75. The summed E-state index contributed by atoms with van der Waals surface area (Å²) in [6.45, 7) is 3.03. The van der Waals surface area contributed by atoms with Gasteiger partial charge in [0.05, 0.1) is 6.10 Å². The monoisotopic (exact) mass is 211 g/mol. The molecule has 0 unspecified atom stereocenters. The van der Waals surface area contributed by atoms with Crippen LogP contribution in [0, 0.1) is 6.92 Å². The second-order valence-corrected chi connectivity index (χ2v) is 5.37. The van der Waals surface area contributed by atoms with Crippen LogP contribution in [0.25, 0.3) is 0 Å². The minimum atomic E-state index is -0.129. The van der Waals surface area contributed by atoms with E-state index in [2.05, 4.69) is 24.4 Å². The molecule has 1 fully saturated rings. The fraction of sp³-hybridized carbons (Fsp3) is 0.636. The number of nitrogens with one attached hydrogen (secondary N) is 1. The summed E-state index contributed by atoms with van der Waals surface area (Å²) < 4.78 is 0. The van der Waals surface area contributed by atoms with Crippen molar-refractivity contribution in [2.75, 3.05) is 0 Å². The molecule has 0 aliphatic heterocycles. The van der Waals surface area contributed by atoms with Crippen molar-refractivity contribution in [1.82, 2.24) is 5.32 Å². The summed E-state index contributed by atoms with van der Waals surface area (Å²) in [5.41, 5.74) is 0. The smallest absolute Gasteiger partial charge is 0.0693 e. The summed E-state index contributed by atoms with van der Waals surface area (Å²) in [6, 6.07) is 4.62. The lowest BCUT2D eigenvalue weighted by Crippen LogP contribution is -2.34. The fourth-order valence-corrected chi connectivity index (χ4v) is 2.83. The van der Waals surface area contributed by atoms with Crippen LogP contribution in [0.2, 0.25) is 0 Å². The van der Waals surface area contributed by atoms with Gasteiger partial charge in [-0.1, -0.05) is 0 Å². The van der Waals surface area contributed by atoms with Gasteiger partial charge in [0.1, 0.15) is 0 Å². The Morgan fingerprint density at radius 2 is 2.36 bits per heavy atom. The second kappa shape index (κ2) is 4.43. The van der Waals surface area contributed by atoms with Gasteiger partial charge in [-0.2, -0.15) is 0 Å². The topological polar surface area (TPSA) is 32.3 Å². The summed E-state index contributed by atoms with van der Waals surface area (Å²) in [6.07, 6.45) is 3.10. The third-order valence-corrected chi connectivity index (χ3v) is 3.81. The highest BCUT2D eigenvalue weighted by Gasteiger charge is 2.24. The Bertz CT molecular complexity index is 297. The molecule has 0 spiro atoms. The van der Waals surface area contributed by atoms with E-state index in [4.69, 9.17) is 0 Å². The molecule has 0 aromatic carbocycles. The minimum Gasteiger partial charge on any atom is -0.392 e. The quantitative estimate of drug-likeness (QED) is 0.802. The maximum atomic E-state index is 9.61. The molecule has 0 amide bonds. The molecule has 2 N–H and O–H groups in total. The van der Waals surface area contributed by atoms with E-state index in [0.29, 0.717) is 6.04 Å². The maximum absolute atomic E-state index is 9.61. The zero-order valence-corrected chi connectivity index (χ0v) is 9.31. The van der Waals surface area contributed by atoms with Crippen LogP contribution in [-0.2, 0) is 6.54 Å². The van der Waals surface area contributed by atoms with Gasteiger partial charge in [-0.3, -0.25) is 0 Å². The number of hydrogen-bond donors (Lipinski definition) is 2. The van der Waals surface area contributed by atoms with Crippen LogP contribution in [0.4, 0.5) is 0 Å². The average molecular weight is 211 g/mol. The molecular weight excluding hydrogens is 194 g/mol. The second-order valence-electron chi connectivity index (χ2n) is 4.00. The zero-order valence-electron chi connectivity index (χ0n) is 8.49. The lowest BCUT2D eigenvalue weighted by molar-refractivity contribution is 0.149. The summed E-state index contributed by atoms with van der Waals surface area (Å²) in [5.74, 6) is 0. The van der Waals surface area contributed by atoms with Gasteiger partial charge in [-0.25, -0.2) is 0 Å². The summed E-state index contributed by atoms with van der Waals surface area (Å²) in [4.78, 5) is 2.72. The number of rotatable bonds is 3. The molecule has 0 radical (unpaired) electrons. The molecule has 14 heavy (non-hydrogen) atoms. The van der Waals surface area contributed by atoms with Gasteiger partial charge in [0.25, 0.3) is 0 Å². The Labute approximate surface area is 89.0 Å². The predicted octanol–water partition coefficient (Wildman–Crippen LogP) is 2.06. The average Bonchev–Trinajstić information content (AvgIpc) is 2.72. The van der Waals surface area contributed by atoms with E-state index >= 15 is 0 Å². The van der Waals surface area contributed by atoms with Gasteiger partial charge in [0, 0.05) is 22.3 Å². The third-order valence-electron chi connectivity index (χ3n) is 2.81. The van der Waals surface area contributed by atoms with E-state index < -0.39 is 0 Å². The summed E-state index contributed by atoms with van der Waals surface area (Å²) in [5, 5.41) is 13.0. The van der Waals surface area contributed by atoms with Crippen molar-refractivity contribution in [2.24, 2.45) is 0 Å². The number of hydrogen-bond acceptors (Lipinski definition) is 3. The van der Waals surface area contributed by atoms with Gasteiger partial charge in [0.2, 0.25) is 0 Å². The number of aliphatic hydroxyl groups excluding tert-OH is 1. The molecule has 78 valence electrons. The highest BCUT2D eigenvalue weighted by atomic mass is 32.1. The standard InChI is InChI=1S/C11H17NOS/c1-8-5-6-9(14-8)7-12-10-3-2-4-11(10)13/h5-6,10-13H,2-4,7H2,1H3/t10-,11-/m1/s1. The molecule has 1 aromatic heterocycles. The van der Waals surface area contributed by atoms with Crippen LogP contribution in [0.1, 0.15) is 29.0 Å². The van der Waals surface area contributed by atoms with Crippen molar-refractivity contribution in [3.63, 3.8) is 0 Å². The largest absolute Gasteiger partial charge is 0.392 e. The molecule has 1 aliphatic rings. The van der Waals surface area contributed by atoms with E-state index in [1.807, 2.05) is 11.3 Å². The molecule has 0 bridgehead atoms. The van der Waals surface area contributed by atoms with Gasteiger partial charge in [-0.15, -0.1) is 11.3 Å². The van der Waals surface area contributed by atoms with Crippen LogP contribution in [0.5, 0.6) is 0 Å². The van der Waals surface area contributed by atoms with Crippen molar-refractivity contribution < 1.29 is 5.11 Å². The Hall–Kier alpha value is -0.380. The molecule has 1 heterocycles. The summed E-state index contributed by atoms with van der Waals surface area (Å²) >= 11 is 1.83. The molecule has 2 nitrogen and oxygen atoms in total. The van der Waals surface area contributed by atoms with Crippen LogP contribution in [0.3, 0.4) is 0 Å². The predicted molar refractivity (Wildman–Crippen MR) is 59.5 cm³/mol. The van der Waals surface area contributed by atoms with Crippen molar-refractivity contribution in [3.05, 3.63) is 21.9 Å². The number of aryl methyl sites for hydroxylation is 1. The number of thiophene rings is 1. The van der Waals surface area contributed by atoms with Crippen LogP contribution >= 0.6 is 11.3 Å². The molecule has 3 heteroatoms. The highest BCUT2D eigenvalue weighted by Crippen LogP contribution is 2.20. The van der Waals surface area contributed by atoms with Gasteiger partial charge >= 0.3 is 0 Å². The SMILES string of the molecule is Cc1ccc(CN[C@@H]2CCC[C@H]2O)s1. The van der Waals surface area contributed by atoms with E-state index in [-0.39, 0.29) is 6.10 Å². The van der Waals surface area contributed by atoms with Gasteiger partial charge in [0.15, 0.2) is 0 Å². The van der Waals surface area contributed by atoms with Gasteiger partial charge in [-0.05, 0) is 38.3 Å². The normalized spacial score (nSPS) is 27.0. The lowest BCUT2D eigenvalue weighted by Gasteiger charge is -2.15. The van der Waals surface area contributed by atoms with Crippen LogP contribution < -0.4 is 5.32 Å². The first kappa shape index (κ1) is 10.1. The van der Waals surface area contributed by atoms with Crippen molar-refractivity contribution >= 4 is 11.3 Å². The van der Waals surface area contributed by atoms with Crippen molar-refractivity contribution in [1.29, 1.82) is 0 Å². The first-order valence-corrected chi connectivity index (χ1v) is 6.04. The molecule has 2 atom stereocenters. The van der Waals surface area contributed by atoms with Crippen LogP contribution in [0.15, 0.2) is 12.1 Å². The molecule has 1 aromatic rings. The zero-order chi connectivity index (χ0) is 9.97. The van der Waals surface area contributed by atoms with E-state index in [9.17, 15) is 5.11 Å². The molecule has 0 saturated heterocycles. The van der Waals surface area contributed by atoms with Crippen molar-refractivity contribution in [2.45, 2.75) is 44.9 Å². The highest BCUT2D eigenvalue weighted by molar-refractivity contribution is 7.11. The third kappa shape index (κ3) is 2.35. The lowest BCUT2D eigenvalue weighted by atomic mass is 10.2. The Morgan fingerprint density at radius 3 is 2.93 bits per heavy atom. The Morgan fingerprint density at radius 1 is 1.50 bits per heavy atom. The fourth-order valence-electron chi connectivity index (χ4n) is 1.99. The number of aliphatic hydroxyl groups is 1. The maximum Gasteiger partial charge on any atom is 0.0693 e.